The van der Waals surface area contributed by atoms with Gasteiger partial charge in [0.2, 0.25) is 10.9 Å². The van der Waals surface area contributed by atoms with Gasteiger partial charge >= 0.3 is 0 Å². The van der Waals surface area contributed by atoms with Crippen molar-refractivity contribution in [1.82, 2.24) is 15.2 Å². The van der Waals surface area contributed by atoms with E-state index in [2.05, 4.69) is 15.2 Å². The topological polar surface area (TPSA) is 96.3 Å². The number of Topliss-reactive ketones (excluding diaryl/α,β-unsaturated/α-hetero) is 1. The normalized spacial score (nSPS) is 16.8. The fraction of sp³-hybridized carbons (Fsp3) is 0.211. The van der Waals surface area contributed by atoms with E-state index in [0.717, 1.165) is 5.01 Å². The van der Waals surface area contributed by atoms with Crippen LogP contribution in [0, 0.1) is 20.8 Å². The molecule has 0 radical (unpaired) electrons. The maximum absolute atomic E-state index is 13.4. The molecule has 0 spiro atoms. The van der Waals surface area contributed by atoms with Crippen LogP contribution in [0.1, 0.15) is 37.0 Å². The van der Waals surface area contributed by atoms with Gasteiger partial charge in [-0.05, 0) is 38.5 Å². The van der Waals surface area contributed by atoms with Crippen molar-refractivity contribution < 1.29 is 14.7 Å². The highest BCUT2D eigenvalue weighted by molar-refractivity contribution is 7.15. The second kappa shape index (κ2) is 7.33. The summed E-state index contributed by atoms with van der Waals surface area (Å²) in [6.45, 7) is 5.29. The van der Waals surface area contributed by atoms with E-state index in [4.69, 9.17) is 11.6 Å². The molecule has 1 aliphatic rings. The van der Waals surface area contributed by atoms with Crippen LogP contribution in [0.25, 0.3) is 0 Å². The Bertz CT molecular complexity index is 1180. The molecule has 1 atom stereocenters. The van der Waals surface area contributed by atoms with Crippen LogP contribution in [0.3, 0.4) is 0 Å². The van der Waals surface area contributed by atoms with Crippen LogP contribution in [-0.2, 0) is 4.79 Å². The third-order valence-corrected chi connectivity index (χ3v) is 6.59. The Balaban J connectivity index is 1.90. The average Bonchev–Trinajstić information content (AvgIpc) is 3.31. The van der Waals surface area contributed by atoms with Gasteiger partial charge in [-0.1, -0.05) is 35.1 Å². The number of carbonyl (C=O) groups is 2. The van der Waals surface area contributed by atoms with E-state index < -0.39 is 23.5 Å². The zero-order valence-corrected chi connectivity index (χ0v) is 18.0. The average molecular weight is 447 g/mol. The van der Waals surface area contributed by atoms with Gasteiger partial charge in [-0.2, -0.15) is 0 Å². The van der Waals surface area contributed by atoms with Crippen molar-refractivity contribution in [1.29, 1.82) is 0 Å². The summed E-state index contributed by atoms with van der Waals surface area (Å²) in [5, 5.41) is 20.9. The third-order valence-electron chi connectivity index (χ3n) is 4.45. The molecule has 1 aromatic carbocycles. The van der Waals surface area contributed by atoms with E-state index in [0.29, 0.717) is 31.3 Å². The van der Waals surface area contributed by atoms with Gasteiger partial charge in [-0.25, -0.2) is 4.98 Å². The van der Waals surface area contributed by atoms with Gasteiger partial charge in [0.05, 0.1) is 27.2 Å². The lowest BCUT2D eigenvalue weighted by molar-refractivity contribution is -0.117. The lowest BCUT2D eigenvalue weighted by Gasteiger charge is -2.24. The minimum absolute atomic E-state index is 0.0168. The van der Waals surface area contributed by atoms with E-state index >= 15 is 0 Å². The number of thiazole rings is 1. The summed E-state index contributed by atoms with van der Waals surface area (Å²) in [5.74, 6) is -1.74. The Morgan fingerprint density at radius 1 is 1.17 bits per heavy atom. The van der Waals surface area contributed by atoms with Crippen LogP contribution in [0.5, 0.6) is 0 Å². The minimum atomic E-state index is -0.872. The van der Waals surface area contributed by atoms with Crippen molar-refractivity contribution in [3.63, 3.8) is 0 Å². The van der Waals surface area contributed by atoms with Gasteiger partial charge in [0.25, 0.3) is 5.91 Å². The maximum atomic E-state index is 13.4. The summed E-state index contributed by atoms with van der Waals surface area (Å²) >= 11 is 8.59. The van der Waals surface area contributed by atoms with Gasteiger partial charge < -0.3 is 5.11 Å². The molecule has 1 aliphatic heterocycles. The highest BCUT2D eigenvalue weighted by atomic mass is 35.5. The van der Waals surface area contributed by atoms with Crippen molar-refractivity contribution in [3.8, 4) is 0 Å². The lowest BCUT2D eigenvalue weighted by Crippen LogP contribution is -2.31. The Kier molecular flexibility index (Phi) is 4.97. The smallest absolute Gasteiger partial charge is 0.296 e. The molecule has 2 aromatic heterocycles. The number of hydrogen-bond acceptors (Lipinski definition) is 8. The predicted octanol–water partition coefficient (Wildman–Crippen LogP) is 4.36. The van der Waals surface area contributed by atoms with E-state index in [-0.39, 0.29) is 5.57 Å². The van der Waals surface area contributed by atoms with Crippen LogP contribution < -0.4 is 4.90 Å². The summed E-state index contributed by atoms with van der Waals surface area (Å²) < 4.78 is 0. The summed E-state index contributed by atoms with van der Waals surface area (Å²) in [6.07, 6.45) is 0. The molecule has 0 bridgehead atoms. The molecule has 3 aromatic rings. The van der Waals surface area contributed by atoms with Crippen molar-refractivity contribution >= 4 is 51.1 Å². The molecule has 0 fully saturated rings. The first kappa shape index (κ1) is 19.7. The number of carbonyl (C=O) groups excluding carboxylic acids is 2. The molecule has 29 heavy (non-hydrogen) atoms. The standard InChI is InChI=1S/C19H15ClN4O3S2/c1-8-17(28-9(2)21-8)15(25)13-14(11-5-4-6-12(20)7-11)24(18(27)16(13)26)19-23-22-10(3)29-19/h4-7,14,26H,1-3H3. The fourth-order valence-electron chi connectivity index (χ4n) is 3.27. The van der Waals surface area contributed by atoms with Crippen molar-refractivity contribution in [3.05, 3.63) is 66.8 Å². The third kappa shape index (κ3) is 3.35. The number of rotatable bonds is 4. The molecule has 1 amide bonds. The SMILES string of the molecule is Cc1nnc(N2C(=O)C(O)=C(C(=O)c3sc(C)nc3C)C2c2cccc(Cl)c2)s1. The molecule has 10 heteroatoms. The van der Waals surface area contributed by atoms with Crippen LogP contribution in [0.2, 0.25) is 5.02 Å². The molecule has 0 saturated carbocycles. The predicted molar refractivity (Wildman–Crippen MR) is 112 cm³/mol. The molecular weight excluding hydrogens is 432 g/mol. The molecule has 148 valence electrons. The number of halogens is 1. The zero-order chi connectivity index (χ0) is 20.9. The van der Waals surface area contributed by atoms with Crippen molar-refractivity contribution in [2.45, 2.75) is 26.8 Å². The number of aliphatic hydroxyl groups excluding tert-OH is 1. The van der Waals surface area contributed by atoms with Crippen molar-refractivity contribution in [2.75, 3.05) is 4.90 Å². The number of anilines is 1. The van der Waals surface area contributed by atoms with Gasteiger partial charge in [-0.15, -0.1) is 21.5 Å². The Morgan fingerprint density at radius 2 is 1.93 bits per heavy atom. The molecule has 1 N–H and O–H groups in total. The molecule has 3 heterocycles. The van der Waals surface area contributed by atoms with Crippen molar-refractivity contribution in [2.24, 2.45) is 0 Å². The molecule has 0 saturated heterocycles. The Labute approximate surface area is 179 Å². The maximum Gasteiger partial charge on any atom is 0.296 e. The molecule has 4 rings (SSSR count). The number of amides is 1. The zero-order valence-electron chi connectivity index (χ0n) is 15.6. The highest BCUT2D eigenvalue weighted by Crippen LogP contribution is 2.43. The van der Waals surface area contributed by atoms with Crippen LogP contribution in [0.15, 0.2) is 35.6 Å². The number of aromatic nitrogens is 3. The first-order valence-corrected chi connectivity index (χ1v) is 10.6. The number of benzene rings is 1. The van der Waals surface area contributed by atoms with Gasteiger partial charge in [0, 0.05) is 5.02 Å². The summed E-state index contributed by atoms with van der Waals surface area (Å²) in [7, 11) is 0. The van der Waals surface area contributed by atoms with Gasteiger partial charge in [0.15, 0.2) is 5.76 Å². The monoisotopic (exact) mass is 446 g/mol. The van der Waals surface area contributed by atoms with Crippen LogP contribution in [0.4, 0.5) is 5.13 Å². The summed E-state index contributed by atoms with van der Waals surface area (Å²) in [6, 6.07) is 5.97. The molecular formula is C19H15ClN4O3S2. The van der Waals surface area contributed by atoms with Gasteiger partial charge in [-0.3, -0.25) is 14.5 Å². The minimum Gasteiger partial charge on any atom is -0.503 e. The molecule has 7 nitrogen and oxygen atoms in total. The van der Waals surface area contributed by atoms with E-state index in [1.165, 1.54) is 27.6 Å². The fourth-order valence-corrected chi connectivity index (χ4v) is 5.06. The first-order chi connectivity index (χ1) is 13.8. The van der Waals surface area contributed by atoms with E-state index in [1.807, 2.05) is 0 Å². The first-order valence-electron chi connectivity index (χ1n) is 8.59. The number of nitrogens with zero attached hydrogens (tertiary/aromatic N) is 4. The summed E-state index contributed by atoms with van der Waals surface area (Å²) in [5.41, 5.74) is 1.13. The second-order valence-electron chi connectivity index (χ2n) is 6.48. The lowest BCUT2D eigenvalue weighted by atomic mass is 9.95. The van der Waals surface area contributed by atoms with Crippen LogP contribution >= 0.6 is 34.3 Å². The second-order valence-corrected chi connectivity index (χ2v) is 9.27. The largest absolute Gasteiger partial charge is 0.503 e. The highest BCUT2D eigenvalue weighted by Gasteiger charge is 2.46. The number of aliphatic hydroxyl groups is 1. The molecule has 0 aliphatic carbocycles. The number of hydrogen-bond donors (Lipinski definition) is 1. The van der Waals surface area contributed by atoms with E-state index in [9.17, 15) is 14.7 Å². The number of aryl methyl sites for hydroxylation is 3. The van der Waals surface area contributed by atoms with E-state index in [1.54, 1.807) is 45.0 Å². The molecule has 1 unspecified atom stereocenters. The van der Waals surface area contributed by atoms with Gasteiger partial charge in [0.1, 0.15) is 5.01 Å². The summed E-state index contributed by atoms with van der Waals surface area (Å²) in [4.78, 5) is 32.4. The Hall–Kier alpha value is -2.62. The Morgan fingerprint density at radius 3 is 2.52 bits per heavy atom. The quantitative estimate of drug-likeness (QED) is 0.598. The van der Waals surface area contributed by atoms with Crippen LogP contribution in [-0.4, -0.2) is 32.0 Å². The number of ketones is 1.